The Balaban J connectivity index is 1.99. The van der Waals surface area contributed by atoms with Crippen LogP contribution in [-0.4, -0.2) is 11.0 Å². The molecule has 14 heavy (non-hydrogen) atoms. The van der Waals surface area contributed by atoms with E-state index in [0.717, 1.165) is 23.7 Å². The second-order valence-corrected chi connectivity index (χ2v) is 4.28. The van der Waals surface area contributed by atoms with Gasteiger partial charge in [0.15, 0.2) is 0 Å². The van der Waals surface area contributed by atoms with E-state index in [2.05, 4.69) is 20.9 Å². The standard InChI is InChI=1S/C10H10BrNO2/c11-8-4-5-12-9(6-8)14-10(13)7-2-1-3-7/h4-7H,1-3H2. The molecule has 74 valence electrons. The lowest BCUT2D eigenvalue weighted by molar-refractivity contribution is -0.141. The van der Waals surface area contributed by atoms with Crippen molar-refractivity contribution in [2.45, 2.75) is 19.3 Å². The molecule has 0 N–H and O–H groups in total. The summed E-state index contributed by atoms with van der Waals surface area (Å²) in [4.78, 5) is 15.4. The minimum absolute atomic E-state index is 0.0933. The number of halogens is 1. The van der Waals surface area contributed by atoms with Crippen LogP contribution < -0.4 is 4.74 Å². The molecule has 0 radical (unpaired) electrons. The lowest BCUT2D eigenvalue weighted by atomic mass is 9.86. The van der Waals surface area contributed by atoms with Gasteiger partial charge in [-0.1, -0.05) is 22.4 Å². The number of pyridine rings is 1. The van der Waals surface area contributed by atoms with Crippen LogP contribution in [0, 0.1) is 5.92 Å². The van der Waals surface area contributed by atoms with Gasteiger partial charge in [-0.3, -0.25) is 4.79 Å². The summed E-state index contributed by atoms with van der Waals surface area (Å²) in [5.41, 5.74) is 0. The van der Waals surface area contributed by atoms with E-state index in [4.69, 9.17) is 4.74 Å². The van der Waals surface area contributed by atoms with Gasteiger partial charge in [-0.2, -0.15) is 0 Å². The van der Waals surface area contributed by atoms with Gasteiger partial charge < -0.3 is 4.74 Å². The first-order valence-corrected chi connectivity index (χ1v) is 5.38. The molecule has 1 fully saturated rings. The van der Waals surface area contributed by atoms with Gasteiger partial charge in [-0.05, 0) is 18.9 Å². The SMILES string of the molecule is O=C(Oc1cc(Br)ccn1)C1CCC1. The Kier molecular flexibility index (Phi) is 2.82. The Hall–Kier alpha value is -0.900. The van der Waals surface area contributed by atoms with Gasteiger partial charge >= 0.3 is 5.97 Å². The Labute approximate surface area is 90.6 Å². The number of carbonyl (C=O) groups is 1. The second-order valence-electron chi connectivity index (χ2n) is 3.36. The van der Waals surface area contributed by atoms with Crippen molar-refractivity contribution >= 4 is 21.9 Å². The van der Waals surface area contributed by atoms with Crippen molar-refractivity contribution in [2.75, 3.05) is 0 Å². The van der Waals surface area contributed by atoms with E-state index in [1.54, 1.807) is 18.3 Å². The van der Waals surface area contributed by atoms with Gasteiger partial charge in [-0.15, -0.1) is 0 Å². The number of aromatic nitrogens is 1. The van der Waals surface area contributed by atoms with Crippen molar-refractivity contribution in [3.63, 3.8) is 0 Å². The molecule has 0 aliphatic heterocycles. The smallest absolute Gasteiger partial charge is 0.315 e. The zero-order valence-corrected chi connectivity index (χ0v) is 9.16. The zero-order valence-electron chi connectivity index (χ0n) is 7.57. The molecule has 1 aromatic rings. The molecule has 1 aliphatic carbocycles. The summed E-state index contributed by atoms with van der Waals surface area (Å²) in [7, 11) is 0. The molecule has 1 heterocycles. The van der Waals surface area contributed by atoms with Crippen LogP contribution >= 0.6 is 15.9 Å². The number of carbonyl (C=O) groups excluding carboxylic acids is 1. The predicted molar refractivity (Wildman–Crippen MR) is 54.9 cm³/mol. The fourth-order valence-corrected chi connectivity index (χ4v) is 1.59. The van der Waals surface area contributed by atoms with Crippen LogP contribution in [0.2, 0.25) is 0 Å². The van der Waals surface area contributed by atoms with E-state index in [0.29, 0.717) is 5.88 Å². The maximum atomic E-state index is 11.4. The molecule has 0 saturated heterocycles. The number of rotatable bonds is 2. The fraction of sp³-hybridized carbons (Fsp3) is 0.400. The van der Waals surface area contributed by atoms with Crippen LogP contribution in [0.5, 0.6) is 5.88 Å². The van der Waals surface area contributed by atoms with Crippen LogP contribution in [0.25, 0.3) is 0 Å². The number of ether oxygens (including phenoxy) is 1. The van der Waals surface area contributed by atoms with E-state index in [9.17, 15) is 4.79 Å². The van der Waals surface area contributed by atoms with Crippen LogP contribution in [0.1, 0.15) is 19.3 Å². The summed E-state index contributed by atoms with van der Waals surface area (Å²) >= 11 is 3.29. The third-order valence-electron chi connectivity index (χ3n) is 2.34. The van der Waals surface area contributed by atoms with Crippen molar-refractivity contribution in [1.82, 2.24) is 4.98 Å². The Bertz CT molecular complexity index is 350. The highest BCUT2D eigenvalue weighted by Gasteiger charge is 2.27. The second kappa shape index (κ2) is 4.09. The lowest BCUT2D eigenvalue weighted by Gasteiger charge is -2.22. The highest BCUT2D eigenvalue weighted by Crippen LogP contribution is 2.28. The van der Waals surface area contributed by atoms with Gasteiger partial charge in [0, 0.05) is 16.7 Å². The molecule has 2 rings (SSSR count). The van der Waals surface area contributed by atoms with Gasteiger partial charge in [0.05, 0.1) is 5.92 Å². The molecular formula is C10H10BrNO2. The first kappa shape index (κ1) is 9.65. The van der Waals surface area contributed by atoms with Gasteiger partial charge in [-0.25, -0.2) is 4.98 Å². The summed E-state index contributed by atoms with van der Waals surface area (Å²) < 4.78 is 5.98. The molecule has 1 aromatic heterocycles. The Morgan fingerprint density at radius 1 is 1.57 bits per heavy atom. The molecule has 0 spiro atoms. The summed E-state index contributed by atoms with van der Waals surface area (Å²) in [6.45, 7) is 0. The third-order valence-corrected chi connectivity index (χ3v) is 2.83. The molecule has 0 aromatic carbocycles. The third kappa shape index (κ3) is 2.12. The maximum absolute atomic E-state index is 11.4. The molecule has 0 unspecified atom stereocenters. The largest absolute Gasteiger partial charge is 0.407 e. The number of nitrogens with zero attached hydrogens (tertiary/aromatic N) is 1. The number of esters is 1. The molecule has 1 aliphatic rings. The quantitative estimate of drug-likeness (QED) is 0.763. The Morgan fingerprint density at radius 3 is 2.93 bits per heavy atom. The van der Waals surface area contributed by atoms with Crippen LogP contribution in [-0.2, 0) is 4.79 Å². The monoisotopic (exact) mass is 255 g/mol. The van der Waals surface area contributed by atoms with Crippen LogP contribution in [0.15, 0.2) is 22.8 Å². The van der Waals surface area contributed by atoms with Crippen molar-refractivity contribution in [1.29, 1.82) is 0 Å². The predicted octanol–water partition coefficient (Wildman–Crippen LogP) is 2.55. The molecule has 0 amide bonds. The maximum Gasteiger partial charge on any atom is 0.315 e. The fourth-order valence-electron chi connectivity index (χ4n) is 1.27. The number of hydrogen-bond donors (Lipinski definition) is 0. The normalized spacial score (nSPS) is 16.1. The average molecular weight is 256 g/mol. The van der Waals surface area contributed by atoms with Crippen molar-refractivity contribution in [3.05, 3.63) is 22.8 Å². The molecular weight excluding hydrogens is 246 g/mol. The van der Waals surface area contributed by atoms with Crippen molar-refractivity contribution in [2.24, 2.45) is 5.92 Å². The topological polar surface area (TPSA) is 39.2 Å². The highest BCUT2D eigenvalue weighted by molar-refractivity contribution is 9.10. The van der Waals surface area contributed by atoms with E-state index in [1.165, 1.54) is 0 Å². The van der Waals surface area contributed by atoms with Gasteiger partial charge in [0.1, 0.15) is 0 Å². The molecule has 4 heteroatoms. The molecule has 1 saturated carbocycles. The first-order valence-electron chi connectivity index (χ1n) is 4.59. The van der Waals surface area contributed by atoms with E-state index in [1.807, 2.05) is 0 Å². The summed E-state index contributed by atoms with van der Waals surface area (Å²) in [6.07, 6.45) is 4.64. The van der Waals surface area contributed by atoms with Crippen LogP contribution in [0.4, 0.5) is 0 Å². The highest BCUT2D eigenvalue weighted by atomic mass is 79.9. The summed E-state index contributed by atoms with van der Waals surface area (Å²) in [6, 6.07) is 3.48. The van der Waals surface area contributed by atoms with Gasteiger partial charge in [0.25, 0.3) is 0 Å². The van der Waals surface area contributed by atoms with Crippen molar-refractivity contribution in [3.8, 4) is 5.88 Å². The zero-order chi connectivity index (χ0) is 9.97. The summed E-state index contributed by atoms with van der Waals surface area (Å²) in [5.74, 6) is 0.314. The summed E-state index contributed by atoms with van der Waals surface area (Å²) in [5, 5.41) is 0. The van der Waals surface area contributed by atoms with E-state index >= 15 is 0 Å². The molecule has 3 nitrogen and oxygen atoms in total. The van der Waals surface area contributed by atoms with Gasteiger partial charge in [0.2, 0.25) is 5.88 Å². The van der Waals surface area contributed by atoms with E-state index in [-0.39, 0.29) is 11.9 Å². The first-order chi connectivity index (χ1) is 6.75. The molecule has 0 atom stereocenters. The van der Waals surface area contributed by atoms with Crippen molar-refractivity contribution < 1.29 is 9.53 Å². The minimum atomic E-state index is -0.151. The van der Waals surface area contributed by atoms with E-state index < -0.39 is 0 Å². The minimum Gasteiger partial charge on any atom is -0.407 e. The lowest BCUT2D eigenvalue weighted by Crippen LogP contribution is -2.26. The Morgan fingerprint density at radius 2 is 2.36 bits per heavy atom. The molecule has 0 bridgehead atoms. The average Bonchev–Trinajstić information content (AvgIpc) is 1.99. The van der Waals surface area contributed by atoms with Crippen LogP contribution in [0.3, 0.4) is 0 Å². The number of hydrogen-bond acceptors (Lipinski definition) is 3.